The first kappa shape index (κ1) is 15.2. The lowest BCUT2D eigenvalue weighted by Gasteiger charge is -2.35. The Bertz CT molecular complexity index is 690. The predicted molar refractivity (Wildman–Crippen MR) is 87.2 cm³/mol. The van der Waals surface area contributed by atoms with Gasteiger partial charge in [0.2, 0.25) is 0 Å². The maximum absolute atomic E-state index is 12.8. The summed E-state index contributed by atoms with van der Waals surface area (Å²) in [5.74, 6) is 1.18. The molecule has 0 saturated carbocycles. The maximum atomic E-state index is 12.8. The van der Waals surface area contributed by atoms with Gasteiger partial charge in [-0.15, -0.1) is 0 Å². The van der Waals surface area contributed by atoms with E-state index in [1.54, 1.807) is 42.2 Å². The lowest BCUT2D eigenvalue weighted by Crippen LogP contribution is -2.51. The number of methoxy groups -OCH3 is 2. The number of para-hydroxylation sites is 1. The quantitative estimate of drug-likeness (QED) is 0.870. The number of carbonyl (C=O) groups is 1. The molecule has 0 spiro atoms. The summed E-state index contributed by atoms with van der Waals surface area (Å²) in [7, 11) is 3.14. The van der Waals surface area contributed by atoms with Crippen LogP contribution in [0.5, 0.6) is 11.5 Å². The number of ether oxygens (including phenoxy) is 3. The van der Waals surface area contributed by atoms with E-state index < -0.39 is 0 Å². The van der Waals surface area contributed by atoms with Crippen LogP contribution in [0.25, 0.3) is 0 Å². The fourth-order valence-electron chi connectivity index (χ4n) is 2.45. The molecule has 0 unspecified atom stereocenters. The number of amides is 2. The molecule has 6 heteroatoms. The molecule has 0 aromatic heterocycles. The highest BCUT2D eigenvalue weighted by Gasteiger charge is 2.29. The molecule has 1 saturated heterocycles. The van der Waals surface area contributed by atoms with Gasteiger partial charge < -0.3 is 14.2 Å². The molecule has 23 heavy (non-hydrogen) atoms. The van der Waals surface area contributed by atoms with Crippen LogP contribution >= 0.6 is 0 Å². The van der Waals surface area contributed by atoms with Crippen molar-refractivity contribution in [1.29, 1.82) is 0 Å². The third-order valence-electron chi connectivity index (χ3n) is 3.65. The van der Waals surface area contributed by atoms with Crippen LogP contribution in [0, 0.1) is 0 Å². The summed E-state index contributed by atoms with van der Waals surface area (Å²) in [6.07, 6.45) is 0. The lowest BCUT2D eigenvalue weighted by molar-refractivity contribution is 0.118. The molecule has 6 nitrogen and oxygen atoms in total. The third-order valence-corrected chi connectivity index (χ3v) is 3.65. The fourth-order valence-corrected chi connectivity index (χ4v) is 2.45. The van der Waals surface area contributed by atoms with Crippen molar-refractivity contribution in [3.8, 4) is 11.5 Å². The Balaban J connectivity index is 1.89. The van der Waals surface area contributed by atoms with E-state index in [1.807, 2.05) is 30.3 Å². The molecule has 1 aliphatic rings. The SMILES string of the molecule is COc1ccc(N2COCN(c3ccccc3)C2=O)cc1OC. The van der Waals surface area contributed by atoms with E-state index in [-0.39, 0.29) is 19.5 Å². The minimum absolute atomic E-state index is 0.144. The second kappa shape index (κ2) is 6.58. The van der Waals surface area contributed by atoms with Gasteiger partial charge in [0, 0.05) is 11.8 Å². The van der Waals surface area contributed by atoms with Gasteiger partial charge in [0.25, 0.3) is 0 Å². The monoisotopic (exact) mass is 314 g/mol. The minimum Gasteiger partial charge on any atom is -0.493 e. The third kappa shape index (κ3) is 2.93. The van der Waals surface area contributed by atoms with E-state index >= 15 is 0 Å². The summed E-state index contributed by atoms with van der Waals surface area (Å²) < 4.78 is 16.1. The van der Waals surface area contributed by atoms with Gasteiger partial charge >= 0.3 is 6.03 Å². The minimum atomic E-state index is -0.144. The van der Waals surface area contributed by atoms with Crippen LogP contribution in [0.4, 0.5) is 16.2 Å². The van der Waals surface area contributed by atoms with E-state index in [9.17, 15) is 4.79 Å². The van der Waals surface area contributed by atoms with Crippen molar-refractivity contribution in [2.75, 3.05) is 37.5 Å². The Morgan fingerprint density at radius 2 is 1.52 bits per heavy atom. The van der Waals surface area contributed by atoms with Gasteiger partial charge in [-0.2, -0.15) is 0 Å². The first-order valence-corrected chi connectivity index (χ1v) is 7.18. The van der Waals surface area contributed by atoms with E-state index in [0.717, 1.165) is 5.69 Å². The molecule has 0 bridgehead atoms. The number of hydrogen-bond donors (Lipinski definition) is 0. The van der Waals surface area contributed by atoms with Crippen molar-refractivity contribution in [2.45, 2.75) is 0 Å². The van der Waals surface area contributed by atoms with Crippen LogP contribution in [0.15, 0.2) is 48.5 Å². The van der Waals surface area contributed by atoms with E-state index in [4.69, 9.17) is 14.2 Å². The largest absolute Gasteiger partial charge is 0.493 e. The van der Waals surface area contributed by atoms with Crippen LogP contribution in [0.2, 0.25) is 0 Å². The topological polar surface area (TPSA) is 51.2 Å². The average molecular weight is 314 g/mol. The number of urea groups is 1. The van der Waals surface area contributed by atoms with Crippen LogP contribution < -0.4 is 19.3 Å². The summed E-state index contributed by atoms with van der Waals surface area (Å²) in [4.78, 5) is 15.9. The summed E-state index contributed by atoms with van der Waals surface area (Å²) in [5, 5.41) is 0. The lowest BCUT2D eigenvalue weighted by atomic mass is 10.2. The van der Waals surface area contributed by atoms with Crippen molar-refractivity contribution >= 4 is 17.4 Å². The molecular formula is C17H18N2O4. The smallest absolute Gasteiger partial charge is 0.332 e. The first-order valence-electron chi connectivity index (χ1n) is 7.18. The second-order valence-corrected chi connectivity index (χ2v) is 4.98. The van der Waals surface area contributed by atoms with Gasteiger partial charge in [-0.25, -0.2) is 4.79 Å². The Morgan fingerprint density at radius 3 is 2.17 bits per heavy atom. The maximum Gasteiger partial charge on any atom is 0.332 e. The predicted octanol–water partition coefficient (Wildman–Crippen LogP) is 3.08. The van der Waals surface area contributed by atoms with Crippen molar-refractivity contribution in [2.24, 2.45) is 0 Å². The average Bonchev–Trinajstić information content (AvgIpc) is 2.62. The van der Waals surface area contributed by atoms with Crippen molar-refractivity contribution < 1.29 is 19.0 Å². The first-order chi connectivity index (χ1) is 11.2. The Morgan fingerprint density at radius 1 is 0.870 bits per heavy atom. The van der Waals surface area contributed by atoms with Gasteiger partial charge in [0.05, 0.1) is 19.9 Å². The summed E-state index contributed by atoms with van der Waals surface area (Å²) in [5.41, 5.74) is 1.48. The normalized spacial score (nSPS) is 14.8. The van der Waals surface area contributed by atoms with Crippen LogP contribution in [0.1, 0.15) is 0 Å². The van der Waals surface area contributed by atoms with E-state index in [1.165, 1.54) is 0 Å². The molecule has 1 heterocycles. The number of hydrogen-bond acceptors (Lipinski definition) is 4. The molecule has 0 radical (unpaired) electrons. The highest BCUT2D eigenvalue weighted by molar-refractivity contribution is 6.04. The van der Waals surface area contributed by atoms with Gasteiger partial charge in [0.15, 0.2) is 11.5 Å². The van der Waals surface area contributed by atoms with Gasteiger partial charge in [-0.3, -0.25) is 9.80 Å². The number of nitrogens with zero attached hydrogens (tertiary/aromatic N) is 2. The molecule has 2 amide bonds. The Hall–Kier alpha value is -2.73. The number of rotatable bonds is 4. The Labute approximate surface area is 134 Å². The highest BCUT2D eigenvalue weighted by atomic mass is 16.5. The molecule has 120 valence electrons. The zero-order chi connectivity index (χ0) is 16.2. The van der Waals surface area contributed by atoms with Gasteiger partial charge in [-0.1, -0.05) is 18.2 Å². The molecule has 0 aliphatic carbocycles. The number of carbonyl (C=O) groups excluding carboxylic acids is 1. The van der Waals surface area contributed by atoms with Crippen molar-refractivity contribution in [3.05, 3.63) is 48.5 Å². The molecular weight excluding hydrogens is 296 g/mol. The van der Waals surface area contributed by atoms with Crippen LogP contribution in [0.3, 0.4) is 0 Å². The molecule has 0 N–H and O–H groups in total. The molecule has 1 fully saturated rings. The van der Waals surface area contributed by atoms with E-state index in [2.05, 4.69) is 0 Å². The Kier molecular flexibility index (Phi) is 4.34. The summed E-state index contributed by atoms with van der Waals surface area (Å²) in [6.45, 7) is 0.421. The fraction of sp³-hybridized carbons (Fsp3) is 0.235. The molecule has 0 atom stereocenters. The van der Waals surface area contributed by atoms with Gasteiger partial charge in [0.1, 0.15) is 13.5 Å². The molecule has 1 aliphatic heterocycles. The second-order valence-electron chi connectivity index (χ2n) is 4.98. The molecule has 2 aromatic carbocycles. The zero-order valence-electron chi connectivity index (χ0n) is 13.1. The van der Waals surface area contributed by atoms with Crippen LogP contribution in [-0.2, 0) is 4.74 Å². The summed E-state index contributed by atoms with van der Waals surface area (Å²) >= 11 is 0. The zero-order valence-corrected chi connectivity index (χ0v) is 13.1. The highest BCUT2D eigenvalue weighted by Crippen LogP contribution is 2.33. The van der Waals surface area contributed by atoms with Gasteiger partial charge in [-0.05, 0) is 24.3 Å². The number of benzene rings is 2. The summed E-state index contributed by atoms with van der Waals surface area (Å²) in [6, 6.07) is 14.6. The van der Waals surface area contributed by atoms with Crippen molar-refractivity contribution in [3.63, 3.8) is 0 Å². The van der Waals surface area contributed by atoms with Crippen LogP contribution in [-0.4, -0.2) is 33.7 Å². The molecule has 2 aromatic rings. The standard InChI is InChI=1S/C17H18N2O4/c1-21-15-9-8-14(10-16(15)22-2)19-12-23-11-18(17(19)20)13-6-4-3-5-7-13/h3-10H,11-12H2,1-2H3. The molecule has 3 rings (SSSR count). The number of anilines is 2. The van der Waals surface area contributed by atoms with Crippen molar-refractivity contribution in [1.82, 2.24) is 0 Å². The van der Waals surface area contributed by atoms with E-state index in [0.29, 0.717) is 17.2 Å².